The van der Waals surface area contributed by atoms with Gasteiger partial charge in [-0.05, 0) is 49.2 Å². The van der Waals surface area contributed by atoms with E-state index in [0.717, 1.165) is 40.4 Å². The molecule has 1 aliphatic rings. The van der Waals surface area contributed by atoms with Crippen LogP contribution in [0.4, 0.5) is 4.39 Å². The number of thiophene rings is 1. The Morgan fingerprint density at radius 1 is 1.17 bits per heavy atom. The smallest absolute Gasteiger partial charge is 0.166 e. The monoisotopic (exact) mass is 492 g/mol. The number of nitrogens with zero attached hydrogens (tertiary/aromatic N) is 3. The lowest BCUT2D eigenvalue weighted by Crippen LogP contribution is -2.16. The Hall–Kier alpha value is -3.43. The molecule has 0 amide bonds. The van der Waals surface area contributed by atoms with E-state index in [-0.39, 0.29) is 30.2 Å². The largest absolute Gasteiger partial charge is 0.453 e. The second-order valence-corrected chi connectivity index (χ2v) is 9.91. The lowest BCUT2D eigenvalue weighted by Gasteiger charge is -2.09. The number of benzene rings is 1. The lowest BCUT2D eigenvalue weighted by molar-refractivity contribution is -0.127. The van der Waals surface area contributed by atoms with Crippen molar-refractivity contribution in [3.63, 3.8) is 0 Å². The third-order valence-corrected chi connectivity index (χ3v) is 7.24. The maximum Gasteiger partial charge on any atom is 0.166 e. The van der Waals surface area contributed by atoms with E-state index in [0.29, 0.717) is 23.7 Å². The standard InChI is InChI=1S/C26H25FN4O3S/c1-31-9-8-30-26(31)24-14-21-25(35-24)23(5-7-29-21)34-22-3-2-16(12-20(22)27)10-18(32)13-19(33)11-17-4-6-28-15-17/h2-3,5,7-9,12,14,17,28H,4,6,10-11,13,15H2,1H3. The molecule has 0 spiro atoms. The molecular formula is C26H25FN4O3S. The molecule has 1 unspecified atom stereocenters. The van der Waals surface area contributed by atoms with Crippen molar-refractivity contribution in [3.8, 4) is 22.2 Å². The summed E-state index contributed by atoms with van der Waals surface area (Å²) in [7, 11) is 1.92. The summed E-state index contributed by atoms with van der Waals surface area (Å²) in [5.41, 5.74) is 1.26. The van der Waals surface area contributed by atoms with Crippen LogP contribution in [-0.4, -0.2) is 39.2 Å². The first-order valence-corrected chi connectivity index (χ1v) is 12.3. The van der Waals surface area contributed by atoms with Gasteiger partial charge >= 0.3 is 0 Å². The van der Waals surface area contributed by atoms with Gasteiger partial charge in [0, 0.05) is 44.5 Å². The van der Waals surface area contributed by atoms with Crippen LogP contribution in [0.3, 0.4) is 0 Å². The van der Waals surface area contributed by atoms with Crippen molar-refractivity contribution < 1.29 is 18.7 Å². The quantitative estimate of drug-likeness (QED) is 0.341. The van der Waals surface area contributed by atoms with Gasteiger partial charge in [0.05, 0.1) is 21.5 Å². The van der Waals surface area contributed by atoms with E-state index in [4.69, 9.17) is 4.74 Å². The Bertz CT molecular complexity index is 1390. The number of imidazole rings is 1. The molecule has 1 aromatic carbocycles. The Balaban J connectivity index is 1.27. The zero-order valence-electron chi connectivity index (χ0n) is 19.3. The lowest BCUT2D eigenvalue weighted by atomic mass is 9.97. The van der Waals surface area contributed by atoms with Gasteiger partial charge in [-0.2, -0.15) is 0 Å². The van der Waals surface area contributed by atoms with Crippen LogP contribution >= 0.6 is 11.3 Å². The predicted molar refractivity (Wildman–Crippen MR) is 132 cm³/mol. The second kappa shape index (κ2) is 10.1. The summed E-state index contributed by atoms with van der Waals surface area (Å²) in [5, 5.41) is 3.22. The van der Waals surface area contributed by atoms with Crippen molar-refractivity contribution in [3.05, 3.63) is 60.3 Å². The molecule has 0 bridgehead atoms. The minimum Gasteiger partial charge on any atom is -0.453 e. The van der Waals surface area contributed by atoms with Crippen molar-refractivity contribution >= 4 is 33.1 Å². The Labute approximate surface area is 206 Å². The van der Waals surface area contributed by atoms with E-state index in [9.17, 15) is 14.0 Å². The predicted octanol–water partition coefficient (Wildman–Crippen LogP) is 4.70. The van der Waals surface area contributed by atoms with Gasteiger partial charge in [-0.3, -0.25) is 14.6 Å². The molecule has 0 aliphatic carbocycles. The number of fused-ring (bicyclic) bond motifs is 1. The Morgan fingerprint density at radius 3 is 2.80 bits per heavy atom. The number of hydrogen-bond acceptors (Lipinski definition) is 7. The van der Waals surface area contributed by atoms with Crippen LogP contribution in [0.2, 0.25) is 0 Å². The van der Waals surface area contributed by atoms with Crippen molar-refractivity contribution in [2.75, 3.05) is 13.1 Å². The normalized spacial score (nSPS) is 15.5. The number of nitrogens with one attached hydrogen (secondary N) is 1. The molecule has 1 atom stereocenters. The number of carbonyl (C=O) groups excluding carboxylic acids is 2. The van der Waals surface area contributed by atoms with E-state index in [1.807, 2.05) is 23.9 Å². The van der Waals surface area contributed by atoms with Gasteiger partial charge in [-0.15, -0.1) is 11.3 Å². The summed E-state index contributed by atoms with van der Waals surface area (Å²) in [6.07, 6.45) is 6.52. The Morgan fingerprint density at radius 2 is 2.06 bits per heavy atom. The Kier molecular flexibility index (Phi) is 6.70. The number of pyridine rings is 1. The number of halogens is 1. The van der Waals surface area contributed by atoms with Crippen molar-refractivity contribution in [1.82, 2.24) is 19.9 Å². The van der Waals surface area contributed by atoms with Crippen LogP contribution in [-0.2, 0) is 23.1 Å². The fourth-order valence-electron chi connectivity index (χ4n) is 4.36. The minimum absolute atomic E-state index is 0.0172. The number of ketones is 2. The molecule has 4 heterocycles. The number of carbonyl (C=O) groups is 2. The summed E-state index contributed by atoms with van der Waals surface area (Å²) < 4.78 is 23.5. The summed E-state index contributed by atoms with van der Waals surface area (Å²) in [6, 6.07) is 8.11. The van der Waals surface area contributed by atoms with Gasteiger partial charge in [0.25, 0.3) is 0 Å². The van der Waals surface area contributed by atoms with Crippen LogP contribution in [0.5, 0.6) is 11.5 Å². The molecule has 1 fully saturated rings. The molecule has 1 N–H and O–H groups in total. The number of aromatic nitrogens is 3. The summed E-state index contributed by atoms with van der Waals surface area (Å²) in [4.78, 5) is 34.2. The number of rotatable bonds is 9. The van der Waals surface area contributed by atoms with E-state index in [1.54, 1.807) is 24.5 Å². The summed E-state index contributed by atoms with van der Waals surface area (Å²) in [6.45, 7) is 1.74. The maximum absolute atomic E-state index is 14.9. The van der Waals surface area contributed by atoms with Crippen LogP contribution in [0, 0.1) is 11.7 Å². The second-order valence-electron chi connectivity index (χ2n) is 8.86. The molecule has 0 radical (unpaired) electrons. The van der Waals surface area contributed by atoms with Gasteiger partial charge in [-0.25, -0.2) is 9.37 Å². The molecule has 3 aromatic heterocycles. The van der Waals surface area contributed by atoms with E-state index < -0.39 is 5.82 Å². The zero-order chi connectivity index (χ0) is 24.4. The highest BCUT2D eigenvalue weighted by atomic mass is 32.1. The molecule has 9 heteroatoms. The van der Waals surface area contributed by atoms with Gasteiger partial charge < -0.3 is 14.6 Å². The van der Waals surface area contributed by atoms with Gasteiger partial charge in [0.15, 0.2) is 11.6 Å². The molecule has 35 heavy (non-hydrogen) atoms. The van der Waals surface area contributed by atoms with Crippen LogP contribution in [0.25, 0.3) is 20.9 Å². The van der Waals surface area contributed by atoms with Gasteiger partial charge in [0.2, 0.25) is 0 Å². The molecule has 180 valence electrons. The van der Waals surface area contributed by atoms with Crippen molar-refractivity contribution in [2.24, 2.45) is 13.0 Å². The number of Topliss-reactive ketones (excluding diaryl/α,β-unsaturated/α-hetero) is 2. The SMILES string of the molecule is Cn1ccnc1-c1cc2nccc(Oc3ccc(CC(=O)CC(=O)CC4CCNC4)cc3F)c2s1. The van der Waals surface area contributed by atoms with Crippen LogP contribution in [0.15, 0.2) is 48.9 Å². The van der Waals surface area contributed by atoms with Crippen LogP contribution < -0.4 is 10.1 Å². The maximum atomic E-state index is 14.9. The fourth-order valence-corrected chi connectivity index (χ4v) is 5.46. The molecule has 4 aromatic rings. The van der Waals surface area contributed by atoms with E-state index >= 15 is 0 Å². The molecule has 7 nitrogen and oxygen atoms in total. The first-order chi connectivity index (χ1) is 17.0. The number of ether oxygens (including phenoxy) is 1. The third kappa shape index (κ3) is 5.31. The first kappa shape index (κ1) is 23.3. The highest BCUT2D eigenvalue weighted by molar-refractivity contribution is 7.22. The topological polar surface area (TPSA) is 86.1 Å². The highest BCUT2D eigenvalue weighted by Crippen LogP contribution is 2.39. The van der Waals surface area contributed by atoms with Crippen LogP contribution in [0.1, 0.15) is 24.8 Å². The average Bonchev–Trinajstić information content (AvgIpc) is 3.56. The van der Waals surface area contributed by atoms with Gasteiger partial charge in [-0.1, -0.05) is 6.07 Å². The zero-order valence-corrected chi connectivity index (χ0v) is 20.1. The van der Waals surface area contributed by atoms with Crippen molar-refractivity contribution in [2.45, 2.75) is 25.7 Å². The first-order valence-electron chi connectivity index (χ1n) is 11.5. The molecule has 5 rings (SSSR count). The van der Waals surface area contributed by atoms with Gasteiger partial charge in [0.1, 0.15) is 23.1 Å². The summed E-state index contributed by atoms with van der Waals surface area (Å²) >= 11 is 1.48. The van der Waals surface area contributed by atoms with E-state index in [2.05, 4.69) is 15.3 Å². The number of aryl methyl sites for hydroxylation is 1. The highest BCUT2D eigenvalue weighted by Gasteiger charge is 2.20. The van der Waals surface area contributed by atoms with E-state index in [1.165, 1.54) is 23.5 Å². The minimum atomic E-state index is -0.565. The summed E-state index contributed by atoms with van der Waals surface area (Å²) in [5.74, 6) is 0.867. The molecule has 1 aliphatic heterocycles. The third-order valence-electron chi connectivity index (χ3n) is 6.11. The fraction of sp³-hybridized carbons (Fsp3) is 0.308. The molecular weight excluding hydrogens is 467 g/mol. The average molecular weight is 493 g/mol. The number of hydrogen-bond donors (Lipinski definition) is 1. The van der Waals surface area contributed by atoms with Crippen molar-refractivity contribution in [1.29, 1.82) is 0 Å². The molecule has 0 saturated carbocycles. The molecule has 1 saturated heterocycles.